The number of carbonyl (C=O) groups is 2. The Balaban J connectivity index is 1.90. The molecule has 0 aromatic heterocycles. The minimum atomic E-state index is -0.174. The summed E-state index contributed by atoms with van der Waals surface area (Å²) in [4.78, 5) is 26.5. The van der Waals surface area contributed by atoms with Gasteiger partial charge in [0.25, 0.3) is 0 Å². The van der Waals surface area contributed by atoms with Gasteiger partial charge in [0.05, 0.1) is 5.92 Å². The van der Waals surface area contributed by atoms with Crippen molar-refractivity contribution in [3.05, 3.63) is 0 Å². The number of likely N-dealkylation sites (tertiary alicyclic amines) is 1. The molecular formula is C16H29N3O2. The zero-order chi connectivity index (χ0) is 15.4. The molecule has 2 amide bonds. The van der Waals surface area contributed by atoms with Gasteiger partial charge in [-0.2, -0.15) is 0 Å². The van der Waals surface area contributed by atoms with Crippen LogP contribution in [-0.2, 0) is 9.59 Å². The number of nitrogens with one attached hydrogen (secondary N) is 2. The van der Waals surface area contributed by atoms with Crippen molar-refractivity contribution < 1.29 is 9.59 Å². The van der Waals surface area contributed by atoms with Crippen LogP contribution in [0.25, 0.3) is 0 Å². The molecule has 5 nitrogen and oxygen atoms in total. The Hall–Kier alpha value is -1.10. The van der Waals surface area contributed by atoms with E-state index < -0.39 is 0 Å². The van der Waals surface area contributed by atoms with E-state index in [1.54, 1.807) is 0 Å². The van der Waals surface area contributed by atoms with Crippen molar-refractivity contribution in [3.8, 4) is 0 Å². The Morgan fingerprint density at radius 1 is 1.43 bits per heavy atom. The first-order valence-corrected chi connectivity index (χ1v) is 8.37. The topological polar surface area (TPSA) is 61.4 Å². The average molecular weight is 295 g/mol. The third kappa shape index (κ3) is 3.76. The molecule has 2 saturated heterocycles. The van der Waals surface area contributed by atoms with Gasteiger partial charge in [-0.1, -0.05) is 20.8 Å². The monoisotopic (exact) mass is 295 g/mol. The van der Waals surface area contributed by atoms with Gasteiger partial charge in [0.2, 0.25) is 11.8 Å². The summed E-state index contributed by atoms with van der Waals surface area (Å²) in [5, 5.41) is 6.47. The van der Waals surface area contributed by atoms with Crippen molar-refractivity contribution in [3.63, 3.8) is 0 Å². The first kappa shape index (κ1) is 16.3. The van der Waals surface area contributed by atoms with Gasteiger partial charge < -0.3 is 15.5 Å². The van der Waals surface area contributed by atoms with Crippen LogP contribution in [0, 0.1) is 11.8 Å². The van der Waals surface area contributed by atoms with Crippen molar-refractivity contribution in [2.24, 2.45) is 11.8 Å². The quantitative estimate of drug-likeness (QED) is 0.799. The van der Waals surface area contributed by atoms with Crippen molar-refractivity contribution in [2.75, 3.05) is 19.6 Å². The highest BCUT2D eigenvalue weighted by molar-refractivity contribution is 5.89. The molecule has 2 fully saturated rings. The zero-order valence-corrected chi connectivity index (χ0v) is 13.5. The largest absolute Gasteiger partial charge is 0.352 e. The molecule has 2 heterocycles. The molecule has 0 saturated carbocycles. The second-order valence-corrected chi connectivity index (χ2v) is 6.50. The fourth-order valence-corrected chi connectivity index (χ4v) is 3.47. The summed E-state index contributed by atoms with van der Waals surface area (Å²) in [7, 11) is 0. The van der Waals surface area contributed by atoms with Crippen molar-refractivity contribution in [2.45, 2.75) is 58.5 Å². The van der Waals surface area contributed by atoms with E-state index in [2.05, 4.69) is 31.4 Å². The van der Waals surface area contributed by atoms with E-state index in [4.69, 9.17) is 0 Å². The molecule has 0 spiro atoms. The Bertz CT molecular complexity index is 382. The maximum absolute atomic E-state index is 12.4. The number of nitrogens with zero attached hydrogens (tertiary/aromatic N) is 1. The normalized spacial score (nSPS) is 30.0. The number of carbonyl (C=O) groups excluding carboxylic acids is 2. The summed E-state index contributed by atoms with van der Waals surface area (Å²) in [6.07, 6.45) is 3.38. The molecule has 3 unspecified atom stereocenters. The van der Waals surface area contributed by atoms with E-state index in [1.807, 2.05) is 4.90 Å². The molecule has 120 valence electrons. The van der Waals surface area contributed by atoms with Crippen LogP contribution in [0.1, 0.15) is 46.5 Å². The summed E-state index contributed by atoms with van der Waals surface area (Å²) in [6, 6.07) is 0.481. The molecule has 5 heteroatoms. The van der Waals surface area contributed by atoms with Crippen LogP contribution in [0.15, 0.2) is 0 Å². The van der Waals surface area contributed by atoms with Crippen molar-refractivity contribution in [1.29, 1.82) is 0 Å². The highest BCUT2D eigenvalue weighted by Crippen LogP contribution is 2.23. The molecular weight excluding hydrogens is 266 g/mol. The molecule has 0 radical (unpaired) electrons. The van der Waals surface area contributed by atoms with E-state index in [0.29, 0.717) is 18.9 Å². The number of hydrogen-bond acceptors (Lipinski definition) is 3. The maximum atomic E-state index is 12.4. The number of hydrogen-bond donors (Lipinski definition) is 2. The smallest absolute Gasteiger partial charge is 0.225 e. The molecule has 2 rings (SSSR count). The van der Waals surface area contributed by atoms with Gasteiger partial charge in [-0.05, 0) is 31.7 Å². The van der Waals surface area contributed by atoms with Crippen LogP contribution in [-0.4, -0.2) is 48.4 Å². The molecule has 3 atom stereocenters. The third-order valence-electron chi connectivity index (χ3n) is 5.07. The van der Waals surface area contributed by atoms with Crippen LogP contribution in [0.4, 0.5) is 0 Å². The Morgan fingerprint density at radius 2 is 2.14 bits per heavy atom. The minimum Gasteiger partial charge on any atom is -0.352 e. The van der Waals surface area contributed by atoms with Gasteiger partial charge in [-0.15, -0.1) is 0 Å². The Morgan fingerprint density at radius 3 is 2.76 bits per heavy atom. The zero-order valence-electron chi connectivity index (χ0n) is 13.5. The summed E-state index contributed by atoms with van der Waals surface area (Å²) in [6.45, 7) is 8.84. The molecule has 0 aromatic rings. The highest BCUT2D eigenvalue weighted by Gasteiger charge is 2.37. The fraction of sp³-hybridized carbons (Fsp3) is 0.875. The van der Waals surface area contributed by atoms with Crippen molar-refractivity contribution >= 4 is 11.8 Å². The van der Waals surface area contributed by atoms with Crippen LogP contribution < -0.4 is 10.6 Å². The first-order valence-electron chi connectivity index (χ1n) is 8.37. The molecule has 2 aliphatic heterocycles. The van der Waals surface area contributed by atoms with Gasteiger partial charge in [-0.3, -0.25) is 9.59 Å². The summed E-state index contributed by atoms with van der Waals surface area (Å²) >= 11 is 0. The summed E-state index contributed by atoms with van der Waals surface area (Å²) < 4.78 is 0. The number of rotatable bonds is 5. The lowest BCUT2D eigenvalue weighted by Gasteiger charge is -2.31. The summed E-state index contributed by atoms with van der Waals surface area (Å²) in [5.74, 6) is 0.519. The van der Waals surface area contributed by atoms with Gasteiger partial charge in [-0.25, -0.2) is 0 Å². The highest BCUT2D eigenvalue weighted by atomic mass is 16.2. The SMILES string of the molecule is CCC(CC)N1CC(C(=O)NC2CNCCC2C)CC1=O. The lowest BCUT2D eigenvalue weighted by atomic mass is 9.94. The van der Waals surface area contributed by atoms with Crippen LogP contribution in [0.3, 0.4) is 0 Å². The van der Waals surface area contributed by atoms with Crippen LogP contribution in [0.5, 0.6) is 0 Å². The molecule has 0 aromatic carbocycles. The van der Waals surface area contributed by atoms with E-state index in [9.17, 15) is 9.59 Å². The second kappa shape index (κ2) is 7.25. The van der Waals surface area contributed by atoms with E-state index in [1.165, 1.54) is 0 Å². The van der Waals surface area contributed by atoms with Crippen LogP contribution >= 0.6 is 0 Å². The lowest BCUT2D eigenvalue weighted by Crippen LogP contribution is -2.51. The van der Waals surface area contributed by atoms with Gasteiger partial charge >= 0.3 is 0 Å². The fourth-order valence-electron chi connectivity index (χ4n) is 3.47. The van der Waals surface area contributed by atoms with E-state index in [0.717, 1.165) is 32.4 Å². The van der Waals surface area contributed by atoms with Crippen molar-refractivity contribution in [1.82, 2.24) is 15.5 Å². The third-order valence-corrected chi connectivity index (χ3v) is 5.07. The molecule has 21 heavy (non-hydrogen) atoms. The van der Waals surface area contributed by atoms with Gasteiger partial charge in [0, 0.05) is 31.6 Å². The van der Waals surface area contributed by atoms with E-state index in [-0.39, 0.29) is 29.8 Å². The predicted molar refractivity (Wildman–Crippen MR) is 82.8 cm³/mol. The van der Waals surface area contributed by atoms with Gasteiger partial charge in [0.15, 0.2) is 0 Å². The molecule has 2 aliphatic rings. The first-order chi connectivity index (χ1) is 10.1. The minimum absolute atomic E-state index is 0.0531. The maximum Gasteiger partial charge on any atom is 0.225 e. The lowest BCUT2D eigenvalue weighted by molar-refractivity contribution is -0.130. The number of amides is 2. The molecule has 2 N–H and O–H groups in total. The molecule has 0 bridgehead atoms. The Kier molecular flexibility index (Phi) is 5.62. The number of piperidine rings is 1. The van der Waals surface area contributed by atoms with E-state index >= 15 is 0 Å². The van der Waals surface area contributed by atoms with Crippen LogP contribution in [0.2, 0.25) is 0 Å². The molecule has 0 aliphatic carbocycles. The van der Waals surface area contributed by atoms with Gasteiger partial charge in [0.1, 0.15) is 0 Å². The predicted octanol–water partition coefficient (Wildman–Crippen LogP) is 1.14. The standard InChI is InChI=1S/C16H29N3O2/c1-4-13(5-2)19-10-12(8-15(19)20)16(21)18-14-9-17-7-6-11(14)3/h11-14,17H,4-10H2,1-3H3,(H,18,21). The Labute approximate surface area is 127 Å². The second-order valence-electron chi connectivity index (χ2n) is 6.50. The average Bonchev–Trinajstić information content (AvgIpc) is 2.85. The summed E-state index contributed by atoms with van der Waals surface area (Å²) in [5.41, 5.74) is 0.